The first-order valence-electron chi connectivity index (χ1n) is 6.10. The third-order valence-electron chi connectivity index (χ3n) is 2.77. The second-order valence-electron chi connectivity index (χ2n) is 4.51. The molecule has 0 fully saturated rings. The number of rotatable bonds is 7. The van der Waals surface area contributed by atoms with E-state index in [-0.39, 0.29) is 22.8 Å². The van der Waals surface area contributed by atoms with Crippen LogP contribution in [-0.2, 0) is 26.3 Å². The third-order valence-corrected chi connectivity index (χ3v) is 5.17. The van der Waals surface area contributed by atoms with Crippen LogP contribution in [-0.4, -0.2) is 46.5 Å². The van der Waals surface area contributed by atoms with Crippen molar-refractivity contribution in [3.63, 3.8) is 0 Å². The average molecular weight is 335 g/mol. The van der Waals surface area contributed by atoms with Gasteiger partial charge in [-0.3, -0.25) is 0 Å². The number of aryl methyl sites for hydroxylation is 1. The molecule has 0 aromatic heterocycles. The minimum atomic E-state index is -3.94. The summed E-state index contributed by atoms with van der Waals surface area (Å²) in [6.07, 6.45) is 1.46. The van der Waals surface area contributed by atoms with Gasteiger partial charge in [0.2, 0.25) is 10.0 Å². The van der Waals surface area contributed by atoms with Gasteiger partial charge in [-0.1, -0.05) is 13.0 Å². The molecular formula is C12H17NO6S2. The number of carboxylic acid groups (broad SMARTS) is 1. The first kappa shape index (κ1) is 17.6. The van der Waals surface area contributed by atoms with Crippen molar-refractivity contribution in [2.75, 3.05) is 18.6 Å². The first-order chi connectivity index (χ1) is 9.57. The van der Waals surface area contributed by atoms with E-state index in [9.17, 15) is 21.6 Å². The van der Waals surface area contributed by atoms with Crippen molar-refractivity contribution >= 4 is 25.8 Å². The molecule has 0 aliphatic rings. The van der Waals surface area contributed by atoms with Crippen LogP contribution in [0.2, 0.25) is 0 Å². The Bertz CT molecular complexity index is 737. The van der Waals surface area contributed by atoms with E-state index < -0.39 is 25.8 Å². The van der Waals surface area contributed by atoms with Crippen molar-refractivity contribution in [3.05, 3.63) is 29.3 Å². The maximum atomic E-state index is 12.0. The summed E-state index contributed by atoms with van der Waals surface area (Å²) in [5.41, 5.74) is 0.445. The van der Waals surface area contributed by atoms with Crippen LogP contribution >= 0.6 is 0 Å². The van der Waals surface area contributed by atoms with E-state index in [2.05, 4.69) is 4.72 Å². The Morgan fingerprint density at radius 1 is 1.24 bits per heavy atom. The number of carboxylic acids is 1. The SMILES string of the molecule is CCc1ccc(S(=O)(=O)NCCS(C)(=O)=O)cc1C(=O)O. The number of hydrogen-bond donors (Lipinski definition) is 2. The van der Waals surface area contributed by atoms with Crippen molar-refractivity contribution in [1.82, 2.24) is 4.72 Å². The van der Waals surface area contributed by atoms with Gasteiger partial charge in [0.1, 0.15) is 9.84 Å². The van der Waals surface area contributed by atoms with Gasteiger partial charge in [-0.2, -0.15) is 0 Å². The minimum absolute atomic E-state index is 0.0801. The molecule has 0 bridgehead atoms. The third kappa shape index (κ3) is 5.10. The van der Waals surface area contributed by atoms with Gasteiger partial charge < -0.3 is 5.11 Å². The highest BCUT2D eigenvalue weighted by Gasteiger charge is 2.18. The lowest BCUT2D eigenvalue weighted by molar-refractivity contribution is 0.0695. The molecule has 1 aromatic rings. The highest BCUT2D eigenvalue weighted by Crippen LogP contribution is 2.17. The first-order valence-corrected chi connectivity index (χ1v) is 9.65. The van der Waals surface area contributed by atoms with Crippen LogP contribution in [0.5, 0.6) is 0 Å². The van der Waals surface area contributed by atoms with E-state index in [4.69, 9.17) is 5.11 Å². The second-order valence-corrected chi connectivity index (χ2v) is 8.53. The van der Waals surface area contributed by atoms with Crippen LogP contribution in [0.3, 0.4) is 0 Å². The average Bonchev–Trinajstić information content (AvgIpc) is 2.35. The summed E-state index contributed by atoms with van der Waals surface area (Å²) in [6.45, 7) is 1.50. The van der Waals surface area contributed by atoms with Crippen LogP contribution in [0.15, 0.2) is 23.1 Å². The molecule has 0 heterocycles. The molecule has 2 N–H and O–H groups in total. The lowest BCUT2D eigenvalue weighted by Crippen LogP contribution is -2.29. The number of benzene rings is 1. The van der Waals surface area contributed by atoms with Gasteiger partial charge in [0.25, 0.3) is 0 Å². The molecule has 0 radical (unpaired) electrons. The van der Waals surface area contributed by atoms with Gasteiger partial charge in [-0.05, 0) is 24.1 Å². The number of aromatic carboxylic acids is 1. The Morgan fingerprint density at radius 3 is 2.33 bits per heavy atom. The second kappa shape index (κ2) is 6.54. The Balaban J connectivity index is 3.04. The number of sulfone groups is 1. The van der Waals surface area contributed by atoms with E-state index in [0.717, 1.165) is 12.3 Å². The smallest absolute Gasteiger partial charge is 0.336 e. The number of hydrogen-bond acceptors (Lipinski definition) is 5. The van der Waals surface area contributed by atoms with E-state index >= 15 is 0 Å². The minimum Gasteiger partial charge on any atom is -0.478 e. The van der Waals surface area contributed by atoms with E-state index in [0.29, 0.717) is 12.0 Å². The number of carbonyl (C=O) groups is 1. The number of nitrogens with one attached hydrogen (secondary N) is 1. The molecule has 0 aliphatic carbocycles. The van der Waals surface area contributed by atoms with Crippen LogP contribution < -0.4 is 4.72 Å². The predicted octanol–water partition coefficient (Wildman–Crippen LogP) is 0.270. The zero-order chi connectivity index (χ0) is 16.3. The summed E-state index contributed by atoms with van der Waals surface area (Å²) < 4.78 is 48.1. The maximum Gasteiger partial charge on any atom is 0.336 e. The van der Waals surface area contributed by atoms with Gasteiger partial charge in [0.15, 0.2) is 0 Å². The fraction of sp³-hybridized carbons (Fsp3) is 0.417. The van der Waals surface area contributed by atoms with Crippen molar-refractivity contribution in [1.29, 1.82) is 0 Å². The lowest BCUT2D eigenvalue weighted by atomic mass is 10.1. The Morgan fingerprint density at radius 2 is 1.86 bits per heavy atom. The quantitative estimate of drug-likeness (QED) is 0.738. The van der Waals surface area contributed by atoms with Crippen LogP contribution in [0.1, 0.15) is 22.8 Å². The van der Waals surface area contributed by atoms with Gasteiger partial charge in [0.05, 0.1) is 16.2 Å². The maximum absolute atomic E-state index is 12.0. The lowest BCUT2D eigenvalue weighted by Gasteiger charge is -2.09. The molecule has 21 heavy (non-hydrogen) atoms. The molecule has 0 amide bonds. The molecule has 7 nitrogen and oxygen atoms in total. The highest BCUT2D eigenvalue weighted by atomic mass is 32.2. The molecule has 9 heteroatoms. The van der Waals surface area contributed by atoms with Crippen molar-refractivity contribution in [2.45, 2.75) is 18.2 Å². The summed E-state index contributed by atoms with van der Waals surface area (Å²) in [6, 6.07) is 3.81. The molecule has 0 spiro atoms. The monoisotopic (exact) mass is 335 g/mol. The fourth-order valence-electron chi connectivity index (χ4n) is 1.67. The van der Waals surface area contributed by atoms with E-state index in [1.807, 2.05) is 0 Å². The molecule has 118 valence electrons. The summed E-state index contributed by atoms with van der Waals surface area (Å²) in [7, 11) is -7.22. The molecule has 0 unspecified atom stereocenters. The summed E-state index contributed by atoms with van der Waals surface area (Å²) in [5, 5.41) is 9.08. The predicted molar refractivity (Wildman–Crippen MR) is 77.7 cm³/mol. The zero-order valence-electron chi connectivity index (χ0n) is 11.7. The fourth-order valence-corrected chi connectivity index (χ4v) is 3.33. The standard InChI is InChI=1S/C12H17NO6S2/c1-3-9-4-5-10(8-11(9)12(14)15)21(18,19)13-6-7-20(2,16)17/h4-5,8,13H,3,6-7H2,1-2H3,(H,14,15). The van der Waals surface area contributed by atoms with E-state index in [1.54, 1.807) is 6.92 Å². The van der Waals surface area contributed by atoms with Crippen LogP contribution in [0.4, 0.5) is 0 Å². The Hall–Kier alpha value is -1.45. The van der Waals surface area contributed by atoms with Crippen molar-refractivity contribution in [2.24, 2.45) is 0 Å². The molecular weight excluding hydrogens is 318 g/mol. The summed E-state index contributed by atoms with van der Waals surface area (Å²) >= 11 is 0. The van der Waals surface area contributed by atoms with Crippen molar-refractivity contribution < 1.29 is 26.7 Å². The largest absolute Gasteiger partial charge is 0.478 e. The van der Waals surface area contributed by atoms with Gasteiger partial charge in [0, 0.05) is 12.8 Å². The summed E-state index contributed by atoms with van der Waals surface area (Å²) in [5.74, 6) is -1.54. The molecule has 0 saturated carbocycles. The van der Waals surface area contributed by atoms with Crippen molar-refractivity contribution in [3.8, 4) is 0 Å². The number of sulfonamides is 1. The van der Waals surface area contributed by atoms with Gasteiger partial charge in [-0.15, -0.1) is 0 Å². The zero-order valence-corrected chi connectivity index (χ0v) is 13.3. The van der Waals surface area contributed by atoms with E-state index in [1.165, 1.54) is 12.1 Å². The van der Waals surface area contributed by atoms with Gasteiger partial charge in [-0.25, -0.2) is 26.4 Å². The molecule has 0 saturated heterocycles. The summed E-state index contributed by atoms with van der Waals surface area (Å²) in [4.78, 5) is 10.9. The molecule has 0 aliphatic heterocycles. The molecule has 1 rings (SSSR count). The Kier molecular flexibility index (Phi) is 5.48. The molecule has 1 aromatic carbocycles. The normalized spacial score (nSPS) is 12.3. The Labute approximate surface area is 124 Å². The molecule has 0 atom stereocenters. The van der Waals surface area contributed by atoms with Crippen LogP contribution in [0, 0.1) is 0 Å². The van der Waals surface area contributed by atoms with Crippen LogP contribution in [0.25, 0.3) is 0 Å². The highest BCUT2D eigenvalue weighted by molar-refractivity contribution is 7.91. The van der Waals surface area contributed by atoms with Gasteiger partial charge >= 0.3 is 5.97 Å². The topological polar surface area (TPSA) is 118 Å².